The fourth-order valence-corrected chi connectivity index (χ4v) is 3.66. The number of rotatable bonds is 7. The molecule has 0 aliphatic carbocycles. The minimum absolute atomic E-state index is 0.0247. The van der Waals surface area contributed by atoms with Crippen molar-refractivity contribution < 1.29 is 14.4 Å². The van der Waals surface area contributed by atoms with E-state index in [2.05, 4.69) is 10.6 Å². The molecule has 1 aliphatic heterocycles. The van der Waals surface area contributed by atoms with Gasteiger partial charge >= 0.3 is 0 Å². The summed E-state index contributed by atoms with van der Waals surface area (Å²) in [6, 6.07) is 16.8. The van der Waals surface area contributed by atoms with Crippen LogP contribution >= 0.6 is 0 Å². The van der Waals surface area contributed by atoms with Crippen molar-refractivity contribution >= 4 is 34.7 Å². The molecule has 8 nitrogen and oxygen atoms in total. The number of anilines is 3. The molecule has 2 amide bonds. The lowest BCUT2D eigenvalue weighted by molar-refractivity contribution is -0.124. The van der Waals surface area contributed by atoms with Crippen LogP contribution in [0.25, 0.3) is 0 Å². The van der Waals surface area contributed by atoms with Gasteiger partial charge in [-0.15, -0.1) is 0 Å². The quantitative estimate of drug-likeness (QED) is 0.516. The Balaban J connectivity index is 1.60. The van der Waals surface area contributed by atoms with E-state index < -0.39 is 0 Å². The highest BCUT2D eigenvalue weighted by atomic mass is 16.2. The molecule has 0 bridgehead atoms. The number of hydrogen-bond donors (Lipinski definition) is 2. The van der Waals surface area contributed by atoms with Gasteiger partial charge in [0.25, 0.3) is 0 Å². The molecule has 32 heavy (non-hydrogen) atoms. The zero-order chi connectivity index (χ0) is 23.3. The van der Waals surface area contributed by atoms with Gasteiger partial charge in [0.2, 0.25) is 11.8 Å². The van der Waals surface area contributed by atoms with E-state index in [0.29, 0.717) is 11.5 Å². The Hall–Kier alpha value is -4.12. The monoisotopic (exact) mass is 431 g/mol. The Bertz CT molecular complexity index is 1100. The van der Waals surface area contributed by atoms with E-state index in [1.807, 2.05) is 60.3 Å². The zero-order valence-electron chi connectivity index (χ0n) is 18.3. The van der Waals surface area contributed by atoms with Crippen molar-refractivity contribution in [2.24, 2.45) is 0 Å². The maximum atomic E-state index is 12.8. The first-order valence-corrected chi connectivity index (χ1v) is 10.2. The first-order chi connectivity index (χ1) is 15.3. The molecule has 0 atom stereocenters. The average Bonchev–Trinajstić information content (AvgIpc) is 3.02. The van der Waals surface area contributed by atoms with E-state index in [0.717, 1.165) is 16.9 Å². The predicted molar refractivity (Wildman–Crippen MR) is 123 cm³/mol. The number of allylic oxidation sites excluding steroid dienone is 1. The minimum atomic E-state index is -0.378. The molecule has 1 aliphatic rings. The topological polar surface area (TPSA) is 106 Å². The molecule has 0 fully saturated rings. The number of carbonyl (C=O) groups excluding carboxylic acids is 3. The van der Waals surface area contributed by atoms with Gasteiger partial charge in [-0.3, -0.25) is 14.4 Å². The molecular weight excluding hydrogens is 406 g/mol. The maximum absolute atomic E-state index is 12.8. The Labute approximate surface area is 187 Å². The van der Waals surface area contributed by atoms with Gasteiger partial charge in [0.05, 0.1) is 11.4 Å². The van der Waals surface area contributed by atoms with Gasteiger partial charge < -0.3 is 20.4 Å². The third kappa shape index (κ3) is 4.95. The van der Waals surface area contributed by atoms with Gasteiger partial charge in [-0.05, 0) is 29.8 Å². The number of carbonyl (C=O) groups is 3. The molecule has 0 unspecified atom stereocenters. The Morgan fingerprint density at radius 3 is 2.22 bits per heavy atom. The number of fused-ring (bicyclic) bond motifs is 1. The first kappa shape index (κ1) is 22.6. The van der Waals surface area contributed by atoms with E-state index in [4.69, 9.17) is 0 Å². The molecule has 0 spiro atoms. The lowest BCUT2D eigenvalue weighted by Gasteiger charge is -2.19. The molecule has 2 N–H and O–H groups in total. The van der Waals surface area contributed by atoms with Crippen molar-refractivity contribution in [1.82, 2.24) is 5.32 Å². The van der Waals surface area contributed by atoms with Crippen molar-refractivity contribution in [3.05, 3.63) is 65.5 Å². The lowest BCUT2D eigenvalue weighted by atomic mass is 10.1. The van der Waals surface area contributed by atoms with E-state index in [-0.39, 0.29) is 42.6 Å². The summed E-state index contributed by atoms with van der Waals surface area (Å²) in [4.78, 5) is 39.8. The van der Waals surface area contributed by atoms with Crippen LogP contribution < -0.4 is 20.4 Å². The molecule has 0 saturated heterocycles. The summed E-state index contributed by atoms with van der Waals surface area (Å²) in [6.45, 7) is 1.70. The van der Waals surface area contributed by atoms with Crippen molar-refractivity contribution in [3.63, 3.8) is 0 Å². The fourth-order valence-electron chi connectivity index (χ4n) is 3.66. The van der Waals surface area contributed by atoms with Crippen LogP contribution in [0.15, 0.2) is 59.9 Å². The van der Waals surface area contributed by atoms with Crippen LogP contribution in [0.5, 0.6) is 0 Å². The van der Waals surface area contributed by atoms with Crippen molar-refractivity contribution in [2.45, 2.75) is 26.3 Å². The molecule has 2 aromatic rings. The second-order valence-corrected chi connectivity index (χ2v) is 7.50. The Kier molecular flexibility index (Phi) is 6.90. The highest BCUT2D eigenvalue weighted by Crippen LogP contribution is 2.40. The third-order valence-corrected chi connectivity index (χ3v) is 5.17. The highest BCUT2D eigenvalue weighted by Gasteiger charge is 2.31. The number of amides is 2. The molecule has 3 rings (SSSR count). The van der Waals surface area contributed by atoms with Crippen LogP contribution in [0.2, 0.25) is 0 Å². The second-order valence-electron chi connectivity index (χ2n) is 7.50. The van der Waals surface area contributed by atoms with Gasteiger partial charge in [-0.1, -0.05) is 24.3 Å². The Morgan fingerprint density at radius 1 is 0.969 bits per heavy atom. The largest absolute Gasteiger partial charge is 0.352 e. The molecule has 1 heterocycles. The van der Waals surface area contributed by atoms with Gasteiger partial charge in [0, 0.05) is 46.1 Å². The number of nitriles is 1. The van der Waals surface area contributed by atoms with E-state index in [9.17, 15) is 19.6 Å². The Morgan fingerprint density at radius 2 is 1.62 bits per heavy atom. The number of para-hydroxylation sites is 2. The molecule has 0 aromatic heterocycles. The SMILES string of the molecule is CC(=O)Nc1cccc(CNC(=O)CCC(=O)C(C#N)=C2N(C)c3ccccc3N2C)c1. The lowest BCUT2D eigenvalue weighted by Crippen LogP contribution is -2.27. The van der Waals surface area contributed by atoms with Crippen molar-refractivity contribution in [2.75, 3.05) is 29.2 Å². The van der Waals surface area contributed by atoms with Crippen molar-refractivity contribution in [1.29, 1.82) is 5.26 Å². The van der Waals surface area contributed by atoms with Gasteiger partial charge in [-0.25, -0.2) is 0 Å². The number of benzene rings is 2. The summed E-state index contributed by atoms with van der Waals surface area (Å²) in [5.41, 5.74) is 3.31. The van der Waals surface area contributed by atoms with Crippen LogP contribution in [0, 0.1) is 11.3 Å². The summed E-state index contributed by atoms with van der Waals surface area (Å²) in [7, 11) is 3.62. The second kappa shape index (κ2) is 9.79. The van der Waals surface area contributed by atoms with E-state index >= 15 is 0 Å². The van der Waals surface area contributed by atoms with Crippen LogP contribution in [-0.2, 0) is 20.9 Å². The maximum Gasteiger partial charge on any atom is 0.221 e. The summed E-state index contributed by atoms with van der Waals surface area (Å²) in [5, 5.41) is 15.1. The number of hydrogen-bond acceptors (Lipinski definition) is 6. The number of Topliss-reactive ketones (excluding diaryl/α,β-unsaturated/α-hetero) is 1. The third-order valence-electron chi connectivity index (χ3n) is 5.17. The van der Waals surface area contributed by atoms with E-state index in [1.165, 1.54) is 6.92 Å². The summed E-state index contributed by atoms with van der Waals surface area (Å²) >= 11 is 0. The molecule has 0 radical (unpaired) electrons. The molecular formula is C24H25N5O3. The molecule has 0 saturated carbocycles. The smallest absolute Gasteiger partial charge is 0.221 e. The standard InChI is InChI=1S/C24H25N5O3/c1-16(30)27-18-8-6-7-17(13-18)15-26-23(32)12-11-22(31)19(14-25)24-28(2)20-9-4-5-10-21(20)29(24)3/h4-10,13H,11-12,15H2,1-3H3,(H,26,32)(H,27,30). The first-order valence-electron chi connectivity index (χ1n) is 10.2. The summed E-state index contributed by atoms with van der Waals surface area (Å²) in [6.07, 6.45) is -0.0920. The van der Waals surface area contributed by atoms with Gasteiger partial charge in [0.1, 0.15) is 17.5 Å². The average molecular weight is 431 g/mol. The van der Waals surface area contributed by atoms with E-state index in [1.54, 1.807) is 18.2 Å². The number of nitrogens with zero attached hydrogens (tertiary/aromatic N) is 3. The molecule has 8 heteroatoms. The summed E-state index contributed by atoms with van der Waals surface area (Å²) in [5.74, 6) is -0.332. The normalized spacial score (nSPS) is 12.1. The van der Waals surface area contributed by atoms with Crippen LogP contribution in [0.1, 0.15) is 25.3 Å². The number of ketones is 1. The van der Waals surface area contributed by atoms with Crippen molar-refractivity contribution in [3.8, 4) is 6.07 Å². The van der Waals surface area contributed by atoms with Crippen LogP contribution in [0.4, 0.5) is 17.1 Å². The van der Waals surface area contributed by atoms with Gasteiger partial charge in [-0.2, -0.15) is 5.26 Å². The van der Waals surface area contributed by atoms with Crippen LogP contribution in [0.3, 0.4) is 0 Å². The molecule has 2 aromatic carbocycles. The fraction of sp³-hybridized carbons (Fsp3) is 0.250. The minimum Gasteiger partial charge on any atom is -0.352 e. The highest BCUT2D eigenvalue weighted by molar-refractivity contribution is 6.03. The van der Waals surface area contributed by atoms with Gasteiger partial charge in [0.15, 0.2) is 5.78 Å². The predicted octanol–water partition coefficient (Wildman–Crippen LogP) is 2.93. The van der Waals surface area contributed by atoms with Crippen LogP contribution in [-0.4, -0.2) is 31.7 Å². The summed E-state index contributed by atoms with van der Waals surface area (Å²) < 4.78 is 0. The zero-order valence-corrected chi connectivity index (χ0v) is 18.3. The molecule has 164 valence electrons. The number of nitrogens with one attached hydrogen (secondary N) is 2.